The summed E-state index contributed by atoms with van der Waals surface area (Å²) in [5.41, 5.74) is 4.36. The van der Waals surface area contributed by atoms with Gasteiger partial charge in [0.25, 0.3) is 0 Å². The molecule has 1 amide bonds. The number of carbonyl (C=O) groups is 1. The fraction of sp³-hybridized carbons (Fsp3) is 0.500. The van der Waals surface area contributed by atoms with Gasteiger partial charge < -0.3 is 5.32 Å². The largest absolute Gasteiger partial charge is 0.325 e. The topological polar surface area (TPSA) is 67.8 Å². The van der Waals surface area contributed by atoms with Crippen molar-refractivity contribution in [3.63, 3.8) is 0 Å². The Labute approximate surface area is 158 Å². The van der Waals surface area contributed by atoms with Crippen LogP contribution in [-0.4, -0.2) is 26.8 Å². The predicted octanol–water partition coefficient (Wildman–Crippen LogP) is 4.09. The molecular formula is C20H24N4OS. The van der Waals surface area contributed by atoms with Gasteiger partial charge in [-0.1, -0.05) is 50.2 Å². The summed E-state index contributed by atoms with van der Waals surface area (Å²) in [5.74, 6) is 0.667. The average molecular weight is 369 g/mol. The Morgan fingerprint density at radius 3 is 2.69 bits per heavy atom. The van der Waals surface area contributed by atoms with Crippen molar-refractivity contribution in [2.45, 2.75) is 57.0 Å². The number of carbonyl (C=O) groups excluding carboxylic acids is 1. The molecule has 1 fully saturated rings. The van der Waals surface area contributed by atoms with E-state index in [1.54, 1.807) is 0 Å². The molecule has 2 bridgehead atoms. The molecule has 1 N–H and O–H groups in total. The molecule has 1 aromatic carbocycles. The van der Waals surface area contributed by atoms with Crippen LogP contribution in [0.2, 0.25) is 0 Å². The second-order valence-electron chi connectivity index (χ2n) is 8.18. The van der Waals surface area contributed by atoms with Crippen LogP contribution in [0.5, 0.6) is 0 Å². The number of aryl methyl sites for hydroxylation is 1. The number of hydrogen-bond acceptors (Lipinski definition) is 5. The lowest BCUT2D eigenvalue weighted by molar-refractivity contribution is -0.113. The van der Waals surface area contributed by atoms with E-state index in [0.29, 0.717) is 11.1 Å². The van der Waals surface area contributed by atoms with E-state index >= 15 is 0 Å². The number of amides is 1. The molecule has 2 aliphatic carbocycles. The van der Waals surface area contributed by atoms with E-state index in [1.807, 2.05) is 31.2 Å². The van der Waals surface area contributed by atoms with Crippen LogP contribution in [0.1, 0.15) is 56.5 Å². The van der Waals surface area contributed by atoms with Crippen LogP contribution < -0.4 is 5.32 Å². The lowest BCUT2D eigenvalue weighted by Crippen LogP contribution is -2.32. The third-order valence-electron chi connectivity index (χ3n) is 6.44. The Morgan fingerprint density at radius 1 is 1.23 bits per heavy atom. The Hall–Kier alpha value is -1.95. The molecule has 0 radical (unpaired) electrons. The normalized spacial score (nSPS) is 25.2. The molecule has 0 unspecified atom stereocenters. The number of nitrogens with zero attached hydrogens (tertiary/aromatic N) is 3. The summed E-state index contributed by atoms with van der Waals surface area (Å²) >= 11 is 1.35. The van der Waals surface area contributed by atoms with Crippen molar-refractivity contribution in [1.82, 2.24) is 15.2 Å². The molecule has 5 nitrogen and oxygen atoms in total. The van der Waals surface area contributed by atoms with E-state index in [9.17, 15) is 4.79 Å². The first-order valence-corrected chi connectivity index (χ1v) is 10.0. The van der Waals surface area contributed by atoms with E-state index in [2.05, 4.69) is 36.3 Å². The highest BCUT2D eigenvalue weighted by Gasteiger charge is 2.61. The molecule has 6 heteroatoms. The van der Waals surface area contributed by atoms with Crippen LogP contribution in [0, 0.1) is 12.3 Å². The highest BCUT2D eigenvalue weighted by Crippen LogP contribution is 2.66. The number of anilines is 1. The smallest absolute Gasteiger partial charge is 0.234 e. The molecule has 2 aromatic rings. The maximum Gasteiger partial charge on any atom is 0.234 e. The van der Waals surface area contributed by atoms with Crippen molar-refractivity contribution in [2.75, 3.05) is 11.1 Å². The minimum atomic E-state index is -0.0592. The molecule has 2 atom stereocenters. The third-order valence-corrected chi connectivity index (χ3v) is 7.28. The molecule has 136 valence electrons. The van der Waals surface area contributed by atoms with Gasteiger partial charge in [-0.2, -0.15) is 5.10 Å². The van der Waals surface area contributed by atoms with Crippen molar-refractivity contribution >= 4 is 23.4 Å². The highest BCUT2D eigenvalue weighted by atomic mass is 32.2. The van der Waals surface area contributed by atoms with Crippen molar-refractivity contribution < 1.29 is 4.79 Å². The zero-order chi connectivity index (χ0) is 18.5. The summed E-state index contributed by atoms with van der Waals surface area (Å²) in [6.45, 7) is 8.95. The minimum Gasteiger partial charge on any atom is -0.325 e. The van der Waals surface area contributed by atoms with Gasteiger partial charge in [0.15, 0.2) is 0 Å². The van der Waals surface area contributed by atoms with Crippen LogP contribution in [-0.2, 0) is 10.2 Å². The molecule has 2 aliphatic rings. The average Bonchev–Trinajstić information content (AvgIpc) is 2.94. The van der Waals surface area contributed by atoms with Crippen molar-refractivity contribution in [3.8, 4) is 0 Å². The minimum absolute atomic E-state index is 0.0579. The zero-order valence-electron chi connectivity index (χ0n) is 15.7. The van der Waals surface area contributed by atoms with Crippen LogP contribution in [0.3, 0.4) is 0 Å². The number of nitrogens with one attached hydrogen (secondary N) is 1. The van der Waals surface area contributed by atoms with Gasteiger partial charge >= 0.3 is 0 Å². The summed E-state index contributed by atoms with van der Waals surface area (Å²) in [5, 5.41) is 12.3. The van der Waals surface area contributed by atoms with Gasteiger partial charge in [0.1, 0.15) is 0 Å². The van der Waals surface area contributed by atoms with Crippen LogP contribution in [0.15, 0.2) is 29.4 Å². The first-order chi connectivity index (χ1) is 12.3. The van der Waals surface area contributed by atoms with Gasteiger partial charge in [-0.15, -0.1) is 5.10 Å². The summed E-state index contributed by atoms with van der Waals surface area (Å²) in [6, 6.07) is 7.78. The standard InChI is InChI=1S/C20H24N4OS/c1-12-5-7-13(8-6-12)21-15(25)11-26-18-22-17-16(23-24-18)14-9-10-20(17,4)19(14,2)3/h5-8,14H,9-11H2,1-4H3,(H,21,25)/t14-,20-/m1/s1. The van der Waals surface area contributed by atoms with Gasteiger partial charge in [-0.3, -0.25) is 4.79 Å². The zero-order valence-corrected chi connectivity index (χ0v) is 16.5. The lowest BCUT2D eigenvalue weighted by atomic mass is 9.70. The highest BCUT2D eigenvalue weighted by molar-refractivity contribution is 7.99. The van der Waals surface area contributed by atoms with Crippen LogP contribution in [0.4, 0.5) is 5.69 Å². The SMILES string of the molecule is Cc1ccc(NC(=O)CSc2nnc3c(n2)[C@@]2(C)CC[C@H]3C2(C)C)cc1. The third kappa shape index (κ3) is 2.62. The molecule has 1 saturated carbocycles. The van der Waals surface area contributed by atoms with E-state index in [-0.39, 0.29) is 22.5 Å². The first-order valence-electron chi connectivity index (χ1n) is 9.06. The predicted molar refractivity (Wildman–Crippen MR) is 103 cm³/mol. The number of benzene rings is 1. The number of thioether (sulfide) groups is 1. The molecule has 0 aliphatic heterocycles. The van der Waals surface area contributed by atoms with E-state index < -0.39 is 0 Å². The molecule has 0 saturated heterocycles. The molecule has 4 rings (SSSR count). The maximum atomic E-state index is 12.2. The Kier molecular flexibility index (Phi) is 4.06. The van der Waals surface area contributed by atoms with Gasteiger partial charge in [0.05, 0.1) is 17.1 Å². The van der Waals surface area contributed by atoms with E-state index in [0.717, 1.165) is 29.9 Å². The molecule has 1 heterocycles. The summed E-state index contributed by atoms with van der Waals surface area (Å²) in [4.78, 5) is 17.0. The lowest BCUT2D eigenvalue weighted by Gasteiger charge is -2.33. The number of aromatic nitrogens is 3. The fourth-order valence-corrected chi connectivity index (χ4v) is 4.97. The first kappa shape index (κ1) is 17.5. The summed E-state index contributed by atoms with van der Waals surface area (Å²) < 4.78 is 0. The van der Waals surface area contributed by atoms with Gasteiger partial charge in [0, 0.05) is 17.0 Å². The fourth-order valence-electron chi connectivity index (χ4n) is 4.39. The van der Waals surface area contributed by atoms with Crippen molar-refractivity contribution in [2.24, 2.45) is 5.41 Å². The molecule has 0 spiro atoms. The Bertz CT molecular complexity index is 865. The maximum absolute atomic E-state index is 12.2. The molecule has 26 heavy (non-hydrogen) atoms. The van der Waals surface area contributed by atoms with Gasteiger partial charge in [0.2, 0.25) is 11.1 Å². The van der Waals surface area contributed by atoms with E-state index in [4.69, 9.17) is 4.98 Å². The van der Waals surface area contributed by atoms with Crippen molar-refractivity contribution in [3.05, 3.63) is 41.2 Å². The quantitative estimate of drug-likeness (QED) is 0.824. The van der Waals surface area contributed by atoms with Gasteiger partial charge in [-0.05, 0) is 37.3 Å². The van der Waals surface area contributed by atoms with E-state index in [1.165, 1.54) is 17.3 Å². The number of hydrogen-bond donors (Lipinski definition) is 1. The second-order valence-corrected chi connectivity index (χ2v) is 9.12. The summed E-state index contributed by atoms with van der Waals surface area (Å²) in [6.07, 6.45) is 2.31. The van der Waals surface area contributed by atoms with Gasteiger partial charge in [-0.25, -0.2) is 4.98 Å². The Morgan fingerprint density at radius 2 is 1.96 bits per heavy atom. The number of fused-ring (bicyclic) bond motifs is 5. The number of rotatable bonds is 4. The monoisotopic (exact) mass is 368 g/mol. The Balaban J connectivity index is 1.45. The molecular weight excluding hydrogens is 344 g/mol. The van der Waals surface area contributed by atoms with Crippen molar-refractivity contribution in [1.29, 1.82) is 0 Å². The molecule has 1 aromatic heterocycles. The van der Waals surface area contributed by atoms with Crippen LogP contribution in [0.25, 0.3) is 0 Å². The second kappa shape index (κ2) is 6.05. The summed E-state index contributed by atoms with van der Waals surface area (Å²) in [7, 11) is 0. The van der Waals surface area contributed by atoms with Crippen LogP contribution >= 0.6 is 11.8 Å².